The molecule has 3 aromatic rings. The van der Waals surface area contributed by atoms with Crippen molar-refractivity contribution in [2.24, 2.45) is 0 Å². The Morgan fingerprint density at radius 2 is 2.17 bits per heavy atom. The molecule has 0 spiro atoms. The molecule has 0 aliphatic heterocycles. The zero-order valence-corrected chi connectivity index (χ0v) is 12.9. The van der Waals surface area contributed by atoms with Crippen LogP contribution in [0.5, 0.6) is 0 Å². The van der Waals surface area contributed by atoms with E-state index in [0.717, 1.165) is 29.9 Å². The molecule has 0 bridgehead atoms. The smallest absolute Gasteiger partial charge is 0.245 e. The molecule has 1 aliphatic rings. The van der Waals surface area contributed by atoms with Crippen molar-refractivity contribution in [2.75, 3.05) is 0 Å². The van der Waals surface area contributed by atoms with Gasteiger partial charge in [0.1, 0.15) is 17.3 Å². The summed E-state index contributed by atoms with van der Waals surface area (Å²) in [4.78, 5) is 8.84. The maximum Gasteiger partial charge on any atom is 0.245 e. The van der Waals surface area contributed by atoms with Crippen LogP contribution in [0.4, 0.5) is 4.39 Å². The Kier molecular flexibility index (Phi) is 3.58. The number of hydrogen-bond acceptors (Lipinski definition) is 4. The summed E-state index contributed by atoms with van der Waals surface area (Å²) < 4.78 is 19.5. The van der Waals surface area contributed by atoms with E-state index in [1.165, 1.54) is 12.1 Å². The van der Waals surface area contributed by atoms with Crippen LogP contribution >= 0.6 is 0 Å². The van der Waals surface area contributed by atoms with E-state index in [-0.39, 0.29) is 11.7 Å². The molecule has 0 fully saturated rings. The quantitative estimate of drug-likeness (QED) is 0.715. The average Bonchev–Trinajstić information content (AvgIpc) is 3.05. The second-order valence-electron chi connectivity index (χ2n) is 5.93. The molecule has 1 aliphatic carbocycles. The fraction of sp³-hybridized carbons (Fsp3) is 0.211. The summed E-state index contributed by atoms with van der Waals surface area (Å²) in [6, 6.07) is 12.1. The van der Waals surface area contributed by atoms with E-state index in [4.69, 9.17) is 9.68 Å². The third-order valence-corrected chi connectivity index (χ3v) is 4.34. The molecular formula is C19H14FN3O. The number of nitrogens with zero attached hydrogens (tertiary/aromatic N) is 3. The third-order valence-electron chi connectivity index (χ3n) is 4.34. The van der Waals surface area contributed by atoms with Gasteiger partial charge in [0.05, 0.1) is 17.3 Å². The van der Waals surface area contributed by atoms with Crippen LogP contribution in [0.2, 0.25) is 0 Å². The molecule has 0 saturated heterocycles. The van der Waals surface area contributed by atoms with Gasteiger partial charge < -0.3 is 4.42 Å². The summed E-state index contributed by atoms with van der Waals surface area (Å²) in [5.74, 6) is 1.17. The van der Waals surface area contributed by atoms with Crippen LogP contribution in [0.25, 0.3) is 11.6 Å². The molecular weight excluding hydrogens is 305 g/mol. The van der Waals surface area contributed by atoms with Gasteiger partial charge in [-0.25, -0.2) is 9.37 Å². The molecule has 4 nitrogen and oxygen atoms in total. The van der Waals surface area contributed by atoms with Gasteiger partial charge in [0, 0.05) is 19.0 Å². The second-order valence-corrected chi connectivity index (χ2v) is 5.93. The summed E-state index contributed by atoms with van der Waals surface area (Å²) in [6.07, 6.45) is 3.98. The number of rotatable bonds is 2. The predicted octanol–water partition coefficient (Wildman–Crippen LogP) is 4.02. The van der Waals surface area contributed by atoms with Gasteiger partial charge >= 0.3 is 0 Å². The molecule has 0 amide bonds. The second kappa shape index (κ2) is 5.89. The number of hydrogen-bond donors (Lipinski definition) is 0. The molecule has 2 heterocycles. The average molecular weight is 319 g/mol. The van der Waals surface area contributed by atoms with E-state index in [1.54, 1.807) is 12.3 Å². The van der Waals surface area contributed by atoms with Gasteiger partial charge in [0.25, 0.3) is 0 Å². The van der Waals surface area contributed by atoms with E-state index in [1.807, 2.05) is 24.3 Å². The standard InChI is InChI=1S/C19H14FN3O/c20-15-8-12(11-21)7-14(9-15)13-4-5-18-17(10-13)23-19(24-18)16-3-1-2-6-22-16/h1-3,6-9,13H,4-5,10H2. The van der Waals surface area contributed by atoms with Gasteiger partial charge in [0.15, 0.2) is 0 Å². The molecule has 4 rings (SSSR count). The minimum Gasteiger partial charge on any atom is -0.440 e. The highest BCUT2D eigenvalue weighted by Gasteiger charge is 2.26. The lowest BCUT2D eigenvalue weighted by Crippen LogP contribution is -2.12. The predicted molar refractivity (Wildman–Crippen MR) is 85.6 cm³/mol. The van der Waals surface area contributed by atoms with Crippen LogP contribution < -0.4 is 0 Å². The van der Waals surface area contributed by atoms with E-state index in [0.29, 0.717) is 23.6 Å². The van der Waals surface area contributed by atoms with Crippen LogP contribution in [-0.4, -0.2) is 9.97 Å². The first-order valence-electron chi connectivity index (χ1n) is 7.83. The van der Waals surface area contributed by atoms with E-state index in [9.17, 15) is 4.39 Å². The minimum absolute atomic E-state index is 0.141. The van der Waals surface area contributed by atoms with Crippen LogP contribution in [0, 0.1) is 17.1 Å². The SMILES string of the molecule is N#Cc1cc(F)cc(C2CCc3oc(-c4ccccn4)nc3C2)c1. The lowest BCUT2D eigenvalue weighted by Gasteiger charge is -2.20. The largest absolute Gasteiger partial charge is 0.440 e. The number of aromatic nitrogens is 2. The van der Waals surface area contributed by atoms with E-state index >= 15 is 0 Å². The summed E-state index contributed by atoms with van der Waals surface area (Å²) in [6.45, 7) is 0. The van der Waals surface area contributed by atoms with Gasteiger partial charge in [-0.3, -0.25) is 4.98 Å². The Morgan fingerprint density at radius 1 is 1.25 bits per heavy atom. The molecule has 0 radical (unpaired) electrons. The van der Waals surface area contributed by atoms with E-state index in [2.05, 4.69) is 9.97 Å². The summed E-state index contributed by atoms with van der Waals surface area (Å²) in [7, 11) is 0. The highest BCUT2D eigenvalue weighted by Crippen LogP contribution is 2.35. The van der Waals surface area contributed by atoms with Crippen LogP contribution in [0.1, 0.15) is 34.9 Å². The van der Waals surface area contributed by atoms with Crippen molar-refractivity contribution in [1.82, 2.24) is 9.97 Å². The van der Waals surface area contributed by atoms with Gasteiger partial charge in [0.2, 0.25) is 5.89 Å². The van der Waals surface area contributed by atoms with Crippen LogP contribution in [-0.2, 0) is 12.8 Å². The zero-order chi connectivity index (χ0) is 16.5. The lowest BCUT2D eigenvalue weighted by atomic mass is 9.84. The van der Waals surface area contributed by atoms with Crippen molar-refractivity contribution in [2.45, 2.75) is 25.2 Å². The fourth-order valence-electron chi connectivity index (χ4n) is 3.17. The monoisotopic (exact) mass is 319 g/mol. The maximum absolute atomic E-state index is 13.7. The lowest BCUT2D eigenvalue weighted by molar-refractivity contribution is 0.463. The Bertz CT molecular complexity index is 928. The molecule has 1 unspecified atom stereocenters. The Hall–Kier alpha value is -3.00. The highest BCUT2D eigenvalue weighted by molar-refractivity contribution is 5.47. The minimum atomic E-state index is -0.371. The van der Waals surface area contributed by atoms with Gasteiger partial charge in [-0.15, -0.1) is 0 Å². The maximum atomic E-state index is 13.7. The number of fused-ring (bicyclic) bond motifs is 1. The van der Waals surface area contributed by atoms with Crippen LogP contribution in [0.3, 0.4) is 0 Å². The molecule has 5 heteroatoms. The topological polar surface area (TPSA) is 62.7 Å². The number of benzene rings is 1. The highest BCUT2D eigenvalue weighted by atomic mass is 19.1. The first kappa shape index (κ1) is 14.6. The number of halogens is 1. The van der Waals surface area contributed by atoms with Crippen LogP contribution in [0.15, 0.2) is 47.0 Å². The van der Waals surface area contributed by atoms with Crippen molar-refractivity contribution >= 4 is 0 Å². The molecule has 1 aromatic carbocycles. The number of nitriles is 1. The Labute approximate surface area is 138 Å². The van der Waals surface area contributed by atoms with Gasteiger partial charge in [-0.2, -0.15) is 5.26 Å². The zero-order valence-electron chi connectivity index (χ0n) is 12.9. The Morgan fingerprint density at radius 3 is 2.96 bits per heavy atom. The van der Waals surface area contributed by atoms with Crippen molar-refractivity contribution in [3.05, 3.63) is 71.0 Å². The number of pyridine rings is 1. The van der Waals surface area contributed by atoms with Crippen molar-refractivity contribution < 1.29 is 8.81 Å². The first-order valence-corrected chi connectivity index (χ1v) is 7.83. The van der Waals surface area contributed by atoms with Gasteiger partial charge in [-0.1, -0.05) is 6.07 Å². The van der Waals surface area contributed by atoms with E-state index < -0.39 is 0 Å². The molecule has 0 saturated carbocycles. The molecule has 24 heavy (non-hydrogen) atoms. The van der Waals surface area contributed by atoms with Crippen molar-refractivity contribution in [1.29, 1.82) is 5.26 Å². The number of aryl methyl sites for hydroxylation is 1. The summed E-state index contributed by atoms with van der Waals surface area (Å²) >= 11 is 0. The summed E-state index contributed by atoms with van der Waals surface area (Å²) in [5.41, 5.74) is 2.81. The summed E-state index contributed by atoms with van der Waals surface area (Å²) in [5, 5.41) is 9.02. The third kappa shape index (κ3) is 2.67. The molecule has 0 N–H and O–H groups in total. The fourth-order valence-corrected chi connectivity index (χ4v) is 3.17. The molecule has 2 aromatic heterocycles. The molecule has 118 valence electrons. The Balaban J connectivity index is 1.64. The molecule has 1 atom stereocenters. The normalized spacial score (nSPS) is 16.4. The number of oxazole rings is 1. The van der Waals surface area contributed by atoms with Gasteiger partial charge in [-0.05, 0) is 48.2 Å². The van der Waals surface area contributed by atoms with Crippen molar-refractivity contribution in [3.63, 3.8) is 0 Å². The van der Waals surface area contributed by atoms with Crippen molar-refractivity contribution in [3.8, 4) is 17.7 Å². The first-order chi connectivity index (χ1) is 11.7.